The Kier molecular flexibility index (Phi) is 55.7. The largest absolute Gasteiger partial charge is 0.462 e. The van der Waals surface area contributed by atoms with E-state index >= 15 is 0 Å². The third-order valence-electron chi connectivity index (χ3n) is 13.3. The fourth-order valence-corrected chi connectivity index (χ4v) is 8.69. The highest BCUT2D eigenvalue weighted by Gasteiger charge is 2.19. The number of esters is 3. The van der Waals surface area contributed by atoms with Gasteiger partial charge in [0.05, 0.1) is 0 Å². The molecule has 0 saturated carbocycles. The van der Waals surface area contributed by atoms with Gasteiger partial charge in [0.15, 0.2) is 6.10 Å². The molecule has 0 N–H and O–H groups in total. The van der Waals surface area contributed by atoms with E-state index in [2.05, 4.69) is 69.4 Å². The lowest BCUT2D eigenvalue weighted by atomic mass is 10.0. The normalized spacial score (nSPS) is 12.3. The summed E-state index contributed by atoms with van der Waals surface area (Å²) in [7, 11) is 0. The first-order chi connectivity index (χ1) is 34.0. The van der Waals surface area contributed by atoms with Crippen molar-refractivity contribution in [3.05, 3.63) is 48.6 Å². The van der Waals surface area contributed by atoms with Crippen molar-refractivity contribution in [2.45, 2.75) is 322 Å². The fourth-order valence-electron chi connectivity index (χ4n) is 8.69. The van der Waals surface area contributed by atoms with Gasteiger partial charge in [-0.3, -0.25) is 14.4 Å². The molecule has 0 aliphatic rings. The molecular formula is C63H114O6. The van der Waals surface area contributed by atoms with Crippen molar-refractivity contribution in [2.24, 2.45) is 0 Å². The van der Waals surface area contributed by atoms with Crippen molar-refractivity contribution in [1.29, 1.82) is 0 Å². The van der Waals surface area contributed by atoms with Crippen LogP contribution in [0.2, 0.25) is 0 Å². The summed E-state index contributed by atoms with van der Waals surface area (Å²) in [5.74, 6) is -0.890. The number of hydrogen-bond acceptors (Lipinski definition) is 6. The fraction of sp³-hybridized carbons (Fsp3) is 0.825. The SMILES string of the molecule is CCCC/C=C\C/C=C\CCCCCCCC(=O)OC(COC(=O)CCCCCCC/C=C\CCCCCCC)COC(=O)CCCCCCCCCCCCC/C=C\CCCCCCCCCC. The van der Waals surface area contributed by atoms with Gasteiger partial charge in [-0.15, -0.1) is 0 Å². The molecule has 0 rings (SSSR count). The first kappa shape index (κ1) is 66.4. The lowest BCUT2D eigenvalue weighted by Gasteiger charge is -2.18. The second kappa shape index (κ2) is 57.9. The molecule has 1 atom stereocenters. The van der Waals surface area contributed by atoms with Gasteiger partial charge in [0.2, 0.25) is 0 Å². The number of rotatable bonds is 55. The van der Waals surface area contributed by atoms with Gasteiger partial charge >= 0.3 is 17.9 Å². The van der Waals surface area contributed by atoms with E-state index in [0.717, 1.165) is 89.9 Å². The Labute approximate surface area is 428 Å². The molecular weight excluding hydrogens is 853 g/mol. The third kappa shape index (κ3) is 56.2. The van der Waals surface area contributed by atoms with Crippen molar-refractivity contribution in [3.8, 4) is 0 Å². The molecule has 0 aromatic rings. The summed E-state index contributed by atoms with van der Waals surface area (Å²) in [4.78, 5) is 38.2. The van der Waals surface area contributed by atoms with Gasteiger partial charge in [-0.2, -0.15) is 0 Å². The van der Waals surface area contributed by atoms with Crippen LogP contribution in [0.3, 0.4) is 0 Å². The minimum Gasteiger partial charge on any atom is -0.462 e. The Balaban J connectivity index is 4.29. The summed E-state index contributed by atoms with van der Waals surface area (Å²) >= 11 is 0. The Bertz CT molecular complexity index is 1200. The van der Waals surface area contributed by atoms with E-state index in [-0.39, 0.29) is 31.1 Å². The average Bonchev–Trinajstić information content (AvgIpc) is 3.35. The molecule has 0 spiro atoms. The molecule has 0 heterocycles. The summed E-state index contributed by atoms with van der Waals surface area (Å²) < 4.78 is 16.9. The Morgan fingerprint density at radius 3 is 0.855 bits per heavy atom. The van der Waals surface area contributed by atoms with Crippen LogP contribution >= 0.6 is 0 Å². The number of ether oxygens (including phenoxy) is 3. The number of allylic oxidation sites excluding steroid dienone is 8. The van der Waals surface area contributed by atoms with Gasteiger partial charge in [0, 0.05) is 19.3 Å². The van der Waals surface area contributed by atoms with Crippen LogP contribution in [-0.2, 0) is 28.6 Å². The van der Waals surface area contributed by atoms with E-state index in [1.807, 2.05) is 0 Å². The van der Waals surface area contributed by atoms with Crippen LogP contribution in [0.5, 0.6) is 0 Å². The Morgan fingerprint density at radius 2 is 0.536 bits per heavy atom. The molecule has 0 aromatic heterocycles. The quantitative estimate of drug-likeness (QED) is 0.0262. The lowest BCUT2D eigenvalue weighted by Crippen LogP contribution is -2.30. The molecule has 0 aliphatic heterocycles. The number of unbranched alkanes of at least 4 members (excludes halogenated alkanes) is 36. The van der Waals surface area contributed by atoms with Crippen molar-refractivity contribution in [2.75, 3.05) is 13.2 Å². The van der Waals surface area contributed by atoms with E-state index in [1.165, 1.54) is 186 Å². The average molecular weight is 968 g/mol. The van der Waals surface area contributed by atoms with Gasteiger partial charge < -0.3 is 14.2 Å². The van der Waals surface area contributed by atoms with Gasteiger partial charge in [-0.1, -0.05) is 249 Å². The first-order valence-electron chi connectivity index (χ1n) is 30.1. The van der Waals surface area contributed by atoms with Crippen molar-refractivity contribution < 1.29 is 28.6 Å². The molecule has 402 valence electrons. The summed E-state index contributed by atoms with van der Waals surface area (Å²) in [6, 6.07) is 0. The maximum Gasteiger partial charge on any atom is 0.306 e. The van der Waals surface area contributed by atoms with Crippen LogP contribution in [-0.4, -0.2) is 37.2 Å². The molecule has 0 aromatic carbocycles. The highest BCUT2D eigenvalue weighted by atomic mass is 16.6. The molecule has 69 heavy (non-hydrogen) atoms. The van der Waals surface area contributed by atoms with E-state index in [4.69, 9.17) is 14.2 Å². The number of carbonyl (C=O) groups excluding carboxylic acids is 3. The topological polar surface area (TPSA) is 78.9 Å². The molecule has 0 radical (unpaired) electrons. The van der Waals surface area contributed by atoms with E-state index in [0.29, 0.717) is 19.3 Å². The predicted molar refractivity (Wildman–Crippen MR) is 298 cm³/mol. The summed E-state index contributed by atoms with van der Waals surface area (Å²) in [5.41, 5.74) is 0. The molecule has 1 unspecified atom stereocenters. The van der Waals surface area contributed by atoms with Crippen molar-refractivity contribution in [3.63, 3.8) is 0 Å². The van der Waals surface area contributed by atoms with Crippen LogP contribution < -0.4 is 0 Å². The molecule has 0 saturated heterocycles. The number of hydrogen-bond donors (Lipinski definition) is 0. The Morgan fingerprint density at radius 1 is 0.290 bits per heavy atom. The smallest absolute Gasteiger partial charge is 0.306 e. The minimum atomic E-state index is -0.783. The molecule has 6 nitrogen and oxygen atoms in total. The predicted octanol–water partition coefficient (Wildman–Crippen LogP) is 20.2. The summed E-state index contributed by atoms with van der Waals surface area (Å²) in [5, 5.41) is 0. The van der Waals surface area contributed by atoms with Crippen molar-refractivity contribution in [1.82, 2.24) is 0 Å². The molecule has 0 amide bonds. The van der Waals surface area contributed by atoms with E-state index < -0.39 is 6.10 Å². The zero-order valence-corrected chi connectivity index (χ0v) is 46.1. The second-order valence-corrected chi connectivity index (χ2v) is 20.2. The first-order valence-corrected chi connectivity index (χ1v) is 30.1. The van der Waals surface area contributed by atoms with Crippen LogP contribution in [0.25, 0.3) is 0 Å². The van der Waals surface area contributed by atoms with E-state index in [1.54, 1.807) is 0 Å². The van der Waals surface area contributed by atoms with Gasteiger partial charge in [-0.05, 0) is 96.3 Å². The van der Waals surface area contributed by atoms with Gasteiger partial charge in [-0.25, -0.2) is 0 Å². The zero-order chi connectivity index (χ0) is 50.0. The molecule has 0 aliphatic carbocycles. The van der Waals surface area contributed by atoms with Gasteiger partial charge in [0.25, 0.3) is 0 Å². The maximum atomic E-state index is 12.8. The minimum absolute atomic E-state index is 0.0801. The Hall–Kier alpha value is -2.63. The van der Waals surface area contributed by atoms with Crippen LogP contribution in [0.4, 0.5) is 0 Å². The van der Waals surface area contributed by atoms with Crippen LogP contribution in [0, 0.1) is 0 Å². The number of carbonyl (C=O) groups is 3. The summed E-state index contributed by atoms with van der Waals surface area (Å²) in [6.07, 6.45) is 71.1. The summed E-state index contributed by atoms with van der Waals surface area (Å²) in [6.45, 7) is 6.60. The third-order valence-corrected chi connectivity index (χ3v) is 13.3. The lowest BCUT2D eigenvalue weighted by molar-refractivity contribution is -0.167. The van der Waals surface area contributed by atoms with Gasteiger partial charge in [0.1, 0.15) is 13.2 Å². The highest BCUT2D eigenvalue weighted by Crippen LogP contribution is 2.16. The molecule has 6 heteroatoms. The molecule has 0 fully saturated rings. The standard InChI is InChI=1S/C63H114O6/c1-4-7-10-13-16-19-22-25-28-29-30-31-32-33-34-35-36-39-41-44-47-50-53-56-62(65)68-59-60(69-63(66)57-54-51-48-45-42-38-27-24-21-18-15-12-9-6-3)58-67-61(64)55-52-49-46-43-40-37-26-23-20-17-14-11-8-5-2/h15,18,23-24,26-27,29-30,60H,4-14,16-17,19-22,25,28,31-59H2,1-3H3/b18-15-,26-23-,27-24-,30-29-. The molecule has 0 bridgehead atoms. The van der Waals surface area contributed by atoms with Crippen LogP contribution in [0.1, 0.15) is 316 Å². The maximum absolute atomic E-state index is 12.8. The zero-order valence-electron chi connectivity index (χ0n) is 46.1. The van der Waals surface area contributed by atoms with E-state index in [9.17, 15) is 14.4 Å². The highest BCUT2D eigenvalue weighted by molar-refractivity contribution is 5.71. The van der Waals surface area contributed by atoms with Crippen molar-refractivity contribution >= 4 is 17.9 Å². The second-order valence-electron chi connectivity index (χ2n) is 20.2. The van der Waals surface area contributed by atoms with Crippen LogP contribution in [0.15, 0.2) is 48.6 Å². The monoisotopic (exact) mass is 967 g/mol.